The number of aromatic nitrogens is 2. The first-order valence-corrected chi connectivity index (χ1v) is 8.38. The predicted molar refractivity (Wildman–Crippen MR) is 86.6 cm³/mol. The molecule has 118 valence electrons. The van der Waals surface area contributed by atoms with Crippen LogP contribution in [0.15, 0.2) is 0 Å². The van der Waals surface area contributed by atoms with Crippen molar-refractivity contribution in [2.75, 3.05) is 18.5 Å². The lowest BCUT2D eigenvalue weighted by Crippen LogP contribution is -2.22. The summed E-state index contributed by atoms with van der Waals surface area (Å²) in [4.78, 5) is 9.50. The molecule has 4 heteroatoms. The van der Waals surface area contributed by atoms with Crippen molar-refractivity contribution in [3.8, 4) is 0 Å². The van der Waals surface area contributed by atoms with Gasteiger partial charge in [-0.1, -0.05) is 19.3 Å². The molecule has 1 heterocycles. The maximum Gasteiger partial charge on any atom is 0.160 e. The summed E-state index contributed by atoms with van der Waals surface area (Å²) in [5, 5.41) is 3.35. The van der Waals surface area contributed by atoms with Crippen LogP contribution in [0, 0.1) is 19.8 Å². The molecule has 1 aromatic rings. The summed E-state index contributed by atoms with van der Waals surface area (Å²) in [5.74, 6) is 2.39. The average Bonchev–Trinajstić information content (AvgIpc) is 2.50. The molecule has 0 spiro atoms. The van der Waals surface area contributed by atoms with Crippen LogP contribution in [-0.4, -0.2) is 23.1 Å². The lowest BCUT2D eigenvalue weighted by molar-refractivity contribution is -0.000214. The van der Waals surface area contributed by atoms with Crippen molar-refractivity contribution in [2.24, 2.45) is 5.92 Å². The van der Waals surface area contributed by atoms with Gasteiger partial charge in [0.15, 0.2) is 5.82 Å². The van der Waals surface area contributed by atoms with E-state index in [2.05, 4.69) is 33.0 Å². The van der Waals surface area contributed by atoms with Gasteiger partial charge in [-0.2, -0.15) is 0 Å². The lowest BCUT2D eigenvalue weighted by Gasteiger charge is -2.29. The van der Waals surface area contributed by atoms with Crippen molar-refractivity contribution in [1.82, 2.24) is 9.97 Å². The zero-order valence-corrected chi connectivity index (χ0v) is 13.9. The molecule has 0 radical (unpaired) electrons. The molecule has 21 heavy (non-hydrogen) atoms. The molecule has 1 aliphatic carbocycles. The molecule has 1 N–H and O–H groups in total. The van der Waals surface area contributed by atoms with Crippen LogP contribution in [0.2, 0.25) is 0 Å². The number of hydrogen-bond donors (Lipinski definition) is 1. The highest BCUT2D eigenvalue weighted by atomic mass is 16.5. The molecule has 2 rings (SSSR count). The van der Waals surface area contributed by atoms with Crippen molar-refractivity contribution >= 4 is 5.82 Å². The zero-order chi connectivity index (χ0) is 15.2. The van der Waals surface area contributed by atoms with E-state index in [1.165, 1.54) is 32.1 Å². The van der Waals surface area contributed by atoms with Crippen LogP contribution >= 0.6 is 0 Å². The number of aryl methyl sites for hydroxylation is 1. The minimum Gasteiger partial charge on any atom is -0.370 e. The van der Waals surface area contributed by atoms with E-state index in [0.29, 0.717) is 12.5 Å². The van der Waals surface area contributed by atoms with Crippen LogP contribution in [0.3, 0.4) is 0 Å². The van der Waals surface area contributed by atoms with Crippen molar-refractivity contribution in [3.63, 3.8) is 0 Å². The van der Waals surface area contributed by atoms with Crippen LogP contribution in [0.5, 0.6) is 0 Å². The zero-order valence-electron chi connectivity index (χ0n) is 13.9. The normalized spacial score (nSPS) is 17.7. The number of nitrogens with zero attached hydrogens (tertiary/aromatic N) is 2. The highest BCUT2D eigenvalue weighted by Gasteiger charge is 2.28. The van der Waals surface area contributed by atoms with Crippen molar-refractivity contribution in [3.05, 3.63) is 17.1 Å². The molecule has 0 aromatic carbocycles. The van der Waals surface area contributed by atoms with Crippen LogP contribution in [-0.2, 0) is 4.74 Å². The molecular formula is C17H29N3O. The third-order valence-corrected chi connectivity index (χ3v) is 4.43. The van der Waals surface area contributed by atoms with E-state index in [4.69, 9.17) is 14.7 Å². The second-order valence-corrected chi connectivity index (χ2v) is 5.95. The highest BCUT2D eigenvalue weighted by molar-refractivity contribution is 5.45. The standard InChI is InChI=1S/C17H29N3O/c1-5-18-16-12(3)13(4)19-17(20-16)15(21-6-2)14-10-8-7-9-11-14/h14-15H,5-11H2,1-4H3,(H,18,19,20). The fourth-order valence-electron chi connectivity index (χ4n) is 3.16. The summed E-state index contributed by atoms with van der Waals surface area (Å²) in [7, 11) is 0. The van der Waals surface area contributed by atoms with Gasteiger partial charge in [0.05, 0.1) is 0 Å². The summed E-state index contributed by atoms with van der Waals surface area (Å²) >= 11 is 0. The first kappa shape index (κ1) is 16.2. The third kappa shape index (κ3) is 3.94. The van der Waals surface area contributed by atoms with Gasteiger partial charge in [-0.25, -0.2) is 9.97 Å². The second kappa shape index (κ2) is 7.74. The van der Waals surface area contributed by atoms with Gasteiger partial charge in [0.25, 0.3) is 0 Å². The number of hydrogen-bond acceptors (Lipinski definition) is 4. The maximum atomic E-state index is 6.04. The fourth-order valence-corrected chi connectivity index (χ4v) is 3.16. The topological polar surface area (TPSA) is 47.0 Å². The molecule has 1 fully saturated rings. The monoisotopic (exact) mass is 291 g/mol. The number of rotatable bonds is 6. The van der Waals surface area contributed by atoms with Crippen LogP contribution in [0.1, 0.15) is 69.1 Å². The Morgan fingerprint density at radius 3 is 2.48 bits per heavy atom. The Morgan fingerprint density at radius 2 is 1.86 bits per heavy atom. The molecule has 0 aliphatic heterocycles. The summed E-state index contributed by atoms with van der Waals surface area (Å²) in [6.07, 6.45) is 6.48. The predicted octanol–water partition coefficient (Wildman–Crippen LogP) is 4.18. The smallest absolute Gasteiger partial charge is 0.160 e. The Bertz CT molecular complexity index is 456. The lowest BCUT2D eigenvalue weighted by atomic mass is 9.85. The van der Waals surface area contributed by atoms with Crippen LogP contribution < -0.4 is 5.32 Å². The molecular weight excluding hydrogens is 262 g/mol. The van der Waals surface area contributed by atoms with E-state index in [9.17, 15) is 0 Å². The van der Waals surface area contributed by atoms with Crippen LogP contribution in [0.25, 0.3) is 0 Å². The van der Waals surface area contributed by atoms with Gasteiger partial charge in [0.1, 0.15) is 11.9 Å². The number of nitrogens with one attached hydrogen (secondary N) is 1. The van der Waals surface area contributed by atoms with E-state index in [1.54, 1.807) is 0 Å². The van der Waals surface area contributed by atoms with E-state index in [1.807, 2.05) is 0 Å². The summed E-state index contributed by atoms with van der Waals surface area (Å²) < 4.78 is 6.04. The Labute approximate surface area is 128 Å². The molecule has 1 aliphatic rings. The molecule has 1 unspecified atom stereocenters. The van der Waals surface area contributed by atoms with Gasteiger partial charge in [0, 0.05) is 24.4 Å². The average molecular weight is 291 g/mol. The first-order chi connectivity index (χ1) is 10.2. The van der Waals surface area contributed by atoms with Gasteiger partial charge in [-0.15, -0.1) is 0 Å². The molecule has 0 amide bonds. The SMILES string of the molecule is CCNc1nc(C(OCC)C2CCCCC2)nc(C)c1C. The van der Waals surface area contributed by atoms with Gasteiger partial charge in [-0.3, -0.25) is 0 Å². The largest absolute Gasteiger partial charge is 0.370 e. The minimum atomic E-state index is 0.0482. The van der Waals surface area contributed by atoms with Gasteiger partial charge in [0.2, 0.25) is 0 Å². The van der Waals surface area contributed by atoms with E-state index < -0.39 is 0 Å². The third-order valence-electron chi connectivity index (χ3n) is 4.43. The molecule has 1 atom stereocenters. The van der Waals surface area contributed by atoms with Crippen molar-refractivity contribution in [2.45, 2.75) is 65.9 Å². The summed E-state index contributed by atoms with van der Waals surface area (Å²) in [5.41, 5.74) is 2.19. The van der Waals surface area contributed by atoms with Gasteiger partial charge in [-0.05, 0) is 46.5 Å². The van der Waals surface area contributed by atoms with E-state index in [-0.39, 0.29) is 6.10 Å². The summed E-state index contributed by atoms with van der Waals surface area (Å²) in [6.45, 7) is 9.88. The molecule has 4 nitrogen and oxygen atoms in total. The second-order valence-electron chi connectivity index (χ2n) is 5.95. The fraction of sp³-hybridized carbons (Fsp3) is 0.765. The van der Waals surface area contributed by atoms with Gasteiger partial charge < -0.3 is 10.1 Å². The highest BCUT2D eigenvalue weighted by Crippen LogP contribution is 2.36. The van der Waals surface area contributed by atoms with Crippen molar-refractivity contribution in [1.29, 1.82) is 0 Å². The van der Waals surface area contributed by atoms with Gasteiger partial charge >= 0.3 is 0 Å². The number of ether oxygens (including phenoxy) is 1. The minimum absolute atomic E-state index is 0.0482. The molecule has 0 bridgehead atoms. The quantitative estimate of drug-likeness (QED) is 0.854. The van der Waals surface area contributed by atoms with E-state index in [0.717, 1.165) is 29.4 Å². The maximum absolute atomic E-state index is 6.04. The number of anilines is 1. The Hall–Kier alpha value is -1.16. The first-order valence-electron chi connectivity index (χ1n) is 8.38. The molecule has 1 aromatic heterocycles. The molecule has 1 saturated carbocycles. The van der Waals surface area contributed by atoms with E-state index >= 15 is 0 Å². The van der Waals surface area contributed by atoms with Crippen LogP contribution in [0.4, 0.5) is 5.82 Å². The Kier molecular flexibility index (Phi) is 5.97. The Balaban J connectivity index is 2.30. The van der Waals surface area contributed by atoms with Crippen molar-refractivity contribution < 1.29 is 4.74 Å². The molecule has 0 saturated heterocycles. The Morgan fingerprint density at radius 1 is 1.14 bits per heavy atom. The summed E-state index contributed by atoms with van der Waals surface area (Å²) in [6, 6.07) is 0.